The minimum absolute atomic E-state index is 0.151. The molecule has 3 rings (SSSR count). The molecule has 0 saturated heterocycles. The SMILES string of the molecule is C1=NB(c2ccccc2)C(c2ccccc2)=C1. The minimum atomic E-state index is 0.151. The average molecular weight is 217 g/mol. The van der Waals surface area contributed by atoms with E-state index in [0.717, 1.165) is 0 Å². The van der Waals surface area contributed by atoms with Crippen LogP contribution in [0.5, 0.6) is 0 Å². The molecule has 0 N–H and O–H groups in total. The molecule has 1 aliphatic rings. The summed E-state index contributed by atoms with van der Waals surface area (Å²) in [4.78, 5) is 4.55. The second-order valence-corrected chi connectivity index (χ2v) is 4.10. The van der Waals surface area contributed by atoms with Crippen LogP contribution in [0.3, 0.4) is 0 Å². The van der Waals surface area contributed by atoms with Gasteiger partial charge in [0, 0.05) is 6.21 Å². The van der Waals surface area contributed by atoms with E-state index in [1.807, 2.05) is 18.3 Å². The molecule has 0 saturated carbocycles. The number of benzene rings is 2. The van der Waals surface area contributed by atoms with Crippen molar-refractivity contribution in [3.8, 4) is 0 Å². The van der Waals surface area contributed by atoms with Crippen LogP contribution in [0.4, 0.5) is 0 Å². The fourth-order valence-electron chi connectivity index (χ4n) is 2.17. The Bertz CT molecular complexity index is 558. The summed E-state index contributed by atoms with van der Waals surface area (Å²) < 4.78 is 0. The van der Waals surface area contributed by atoms with Gasteiger partial charge in [-0.2, -0.15) is 0 Å². The average Bonchev–Trinajstić information content (AvgIpc) is 2.90. The Morgan fingerprint density at radius 2 is 1.41 bits per heavy atom. The van der Waals surface area contributed by atoms with Crippen LogP contribution in [0, 0.1) is 0 Å². The van der Waals surface area contributed by atoms with E-state index in [1.54, 1.807) is 0 Å². The fraction of sp³-hybridized carbons (Fsp3) is 0. The lowest BCUT2D eigenvalue weighted by Gasteiger charge is -2.09. The molecule has 2 aromatic rings. The zero-order valence-corrected chi connectivity index (χ0v) is 9.45. The molecule has 0 amide bonds. The summed E-state index contributed by atoms with van der Waals surface area (Å²) >= 11 is 0. The summed E-state index contributed by atoms with van der Waals surface area (Å²) in [7, 11) is 0. The number of hydrogen-bond donors (Lipinski definition) is 0. The van der Waals surface area contributed by atoms with Crippen molar-refractivity contribution >= 4 is 24.0 Å². The van der Waals surface area contributed by atoms with Crippen molar-refractivity contribution in [1.29, 1.82) is 0 Å². The highest BCUT2D eigenvalue weighted by Crippen LogP contribution is 2.20. The normalized spacial score (nSPS) is 13.9. The van der Waals surface area contributed by atoms with Crippen LogP contribution in [0.15, 0.2) is 71.6 Å². The highest BCUT2D eigenvalue weighted by Gasteiger charge is 2.24. The molecule has 1 heterocycles. The first-order chi connectivity index (χ1) is 8.45. The van der Waals surface area contributed by atoms with Gasteiger partial charge in [0.2, 0.25) is 0 Å². The van der Waals surface area contributed by atoms with E-state index in [9.17, 15) is 0 Å². The van der Waals surface area contributed by atoms with Gasteiger partial charge in [-0.15, -0.1) is 0 Å². The number of allylic oxidation sites excluding steroid dienone is 1. The highest BCUT2D eigenvalue weighted by atomic mass is 14.6. The molecule has 0 aromatic heterocycles. The summed E-state index contributed by atoms with van der Waals surface area (Å²) in [6.07, 6.45) is 4.01. The van der Waals surface area contributed by atoms with Gasteiger partial charge >= 0.3 is 6.85 Å². The largest absolute Gasteiger partial charge is 0.344 e. The number of nitrogens with zero attached hydrogens (tertiary/aromatic N) is 1. The van der Waals surface area contributed by atoms with Gasteiger partial charge in [-0.25, -0.2) is 0 Å². The van der Waals surface area contributed by atoms with Gasteiger partial charge in [0.15, 0.2) is 0 Å². The molecule has 0 unspecified atom stereocenters. The highest BCUT2D eigenvalue weighted by molar-refractivity contribution is 6.90. The van der Waals surface area contributed by atoms with Crippen LogP contribution in [0.2, 0.25) is 0 Å². The quantitative estimate of drug-likeness (QED) is 0.685. The molecule has 0 radical (unpaired) electrons. The monoisotopic (exact) mass is 217 g/mol. The molecule has 1 nitrogen and oxygen atoms in total. The zero-order chi connectivity index (χ0) is 11.5. The zero-order valence-electron chi connectivity index (χ0n) is 9.45. The Balaban J connectivity index is 1.98. The molecular weight excluding hydrogens is 205 g/mol. The van der Waals surface area contributed by atoms with Crippen molar-refractivity contribution in [3.63, 3.8) is 0 Å². The molecule has 2 heteroatoms. The molecule has 0 aliphatic carbocycles. The van der Waals surface area contributed by atoms with E-state index in [4.69, 9.17) is 0 Å². The maximum Gasteiger partial charge on any atom is 0.344 e. The van der Waals surface area contributed by atoms with Gasteiger partial charge in [0.1, 0.15) is 0 Å². The third-order valence-electron chi connectivity index (χ3n) is 3.01. The predicted molar refractivity (Wildman–Crippen MR) is 74.7 cm³/mol. The van der Waals surface area contributed by atoms with Crippen LogP contribution in [-0.4, -0.2) is 13.1 Å². The van der Waals surface area contributed by atoms with Crippen molar-refractivity contribution < 1.29 is 0 Å². The molecule has 0 spiro atoms. The van der Waals surface area contributed by atoms with Crippen molar-refractivity contribution in [3.05, 3.63) is 72.3 Å². The summed E-state index contributed by atoms with van der Waals surface area (Å²) in [6.45, 7) is 0.151. The molecule has 0 atom stereocenters. The lowest BCUT2D eigenvalue weighted by atomic mass is 9.50. The topological polar surface area (TPSA) is 12.4 Å². The first-order valence-electron chi connectivity index (χ1n) is 5.79. The van der Waals surface area contributed by atoms with Gasteiger partial charge < -0.3 is 4.90 Å². The van der Waals surface area contributed by atoms with Gasteiger partial charge in [-0.3, -0.25) is 0 Å². The van der Waals surface area contributed by atoms with Crippen LogP contribution in [-0.2, 0) is 0 Å². The molecular formula is C15H12BN. The minimum Gasteiger partial charge on any atom is -0.336 e. The lowest BCUT2D eigenvalue weighted by Crippen LogP contribution is -2.28. The van der Waals surface area contributed by atoms with Gasteiger partial charge in [-0.1, -0.05) is 60.7 Å². The first-order valence-corrected chi connectivity index (χ1v) is 5.79. The van der Waals surface area contributed by atoms with Crippen molar-refractivity contribution in [2.24, 2.45) is 4.90 Å². The standard InChI is InChI=1S/C15H12BN/c1-3-7-13(8-4-1)15-11-12-17-16(15)14-9-5-2-6-10-14/h1-12H. The second-order valence-electron chi connectivity index (χ2n) is 4.10. The fourth-order valence-corrected chi connectivity index (χ4v) is 2.17. The van der Waals surface area contributed by atoms with Crippen molar-refractivity contribution in [2.75, 3.05) is 0 Å². The lowest BCUT2D eigenvalue weighted by molar-refractivity contribution is 1.64. The van der Waals surface area contributed by atoms with E-state index in [1.165, 1.54) is 16.5 Å². The van der Waals surface area contributed by atoms with Gasteiger partial charge in [-0.05, 0) is 22.6 Å². The van der Waals surface area contributed by atoms with Crippen LogP contribution < -0.4 is 5.46 Å². The molecule has 0 bridgehead atoms. The van der Waals surface area contributed by atoms with Crippen LogP contribution in [0.1, 0.15) is 5.56 Å². The summed E-state index contributed by atoms with van der Waals surface area (Å²) in [5.41, 5.74) is 3.77. The van der Waals surface area contributed by atoms with E-state index in [-0.39, 0.29) is 6.85 Å². The molecule has 2 aromatic carbocycles. The van der Waals surface area contributed by atoms with E-state index < -0.39 is 0 Å². The Morgan fingerprint density at radius 1 is 0.765 bits per heavy atom. The maximum absolute atomic E-state index is 4.55. The third kappa shape index (κ3) is 1.94. The first kappa shape index (κ1) is 10.1. The number of hydrogen-bond acceptors (Lipinski definition) is 1. The molecule has 17 heavy (non-hydrogen) atoms. The Morgan fingerprint density at radius 3 is 2.12 bits per heavy atom. The smallest absolute Gasteiger partial charge is 0.336 e. The van der Waals surface area contributed by atoms with Gasteiger partial charge in [0.05, 0.1) is 0 Å². The molecule has 80 valence electrons. The van der Waals surface area contributed by atoms with Crippen LogP contribution >= 0.6 is 0 Å². The third-order valence-corrected chi connectivity index (χ3v) is 3.01. The van der Waals surface area contributed by atoms with Gasteiger partial charge in [0.25, 0.3) is 0 Å². The summed E-state index contributed by atoms with van der Waals surface area (Å²) in [5.74, 6) is 0. The Hall–Kier alpha value is -2.09. The van der Waals surface area contributed by atoms with Crippen LogP contribution in [0.25, 0.3) is 5.47 Å². The van der Waals surface area contributed by atoms with Crippen molar-refractivity contribution in [2.45, 2.75) is 0 Å². The number of rotatable bonds is 2. The predicted octanol–water partition coefficient (Wildman–Crippen LogP) is 2.59. The maximum atomic E-state index is 4.55. The summed E-state index contributed by atoms with van der Waals surface area (Å²) in [5, 5.41) is 0. The van der Waals surface area contributed by atoms with E-state index >= 15 is 0 Å². The Labute approximate surface area is 102 Å². The summed E-state index contributed by atoms with van der Waals surface area (Å²) in [6, 6.07) is 20.9. The van der Waals surface area contributed by atoms with Crippen molar-refractivity contribution in [1.82, 2.24) is 0 Å². The van der Waals surface area contributed by atoms with E-state index in [0.29, 0.717) is 0 Å². The Kier molecular flexibility index (Phi) is 2.62. The molecule has 1 aliphatic heterocycles. The second kappa shape index (κ2) is 4.42. The molecule has 0 fully saturated rings. The van der Waals surface area contributed by atoms with E-state index in [2.05, 4.69) is 59.5 Å².